The molecule has 2 aromatic carbocycles. The van der Waals surface area contributed by atoms with Gasteiger partial charge in [0.25, 0.3) is 0 Å². The minimum Gasteiger partial charge on any atom is -0.491 e. The summed E-state index contributed by atoms with van der Waals surface area (Å²) in [5, 5.41) is 10.5. The second-order valence-corrected chi connectivity index (χ2v) is 7.78. The second kappa shape index (κ2) is 8.21. The summed E-state index contributed by atoms with van der Waals surface area (Å²) in [5.74, 6) is 0.787. The fraction of sp³-hybridized carbons (Fsp3) is 0.455. The van der Waals surface area contributed by atoms with Crippen molar-refractivity contribution in [1.82, 2.24) is 0 Å². The molecule has 1 unspecified atom stereocenters. The Labute approximate surface area is 156 Å². The summed E-state index contributed by atoms with van der Waals surface area (Å²) in [4.78, 5) is 0. The largest absolute Gasteiger partial charge is 0.491 e. The van der Waals surface area contributed by atoms with Crippen molar-refractivity contribution in [3.05, 3.63) is 54.6 Å². The van der Waals surface area contributed by atoms with E-state index in [9.17, 15) is 5.11 Å². The molecule has 1 heterocycles. The average Bonchev–Trinajstić information content (AvgIpc) is 2.59. The first-order chi connectivity index (χ1) is 12.4. The zero-order chi connectivity index (χ0) is 18.6. The number of ether oxygens (including phenoxy) is 2. The maximum absolute atomic E-state index is 10.5. The molecule has 0 amide bonds. The maximum atomic E-state index is 10.5. The van der Waals surface area contributed by atoms with E-state index in [4.69, 9.17) is 9.47 Å². The van der Waals surface area contributed by atoms with Gasteiger partial charge in [0.1, 0.15) is 50.3 Å². The van der Waals surface area contributed by atoms with Gasteiger partial charge >= 0.3 is 0 Å². The first-order valence-corrected chi connectivity index (χ1v) is 9.39. The SMILES string of the molecule is C[C@@H]1C[N+](C)(C[C@H](O)COc2ccc(-c3ccccc3)cc2)C[C@H](C)O1. The van der Waals surface area contributed by atoms with Gasteiger partial charge < -0.3 is 19.1 Å². The molecular weight excluding hydrogens is 326 g/mol. The third kappa shape index (κ3) is 5.07. The zero-order valence-electron chi connectivity index (χ0n) is 16.0. The molecule has 1 aliphatic rings. The van der Waals surface area contributed by atoms with Gasteiger partial charge in [-0.1, -0.05) is 42.5 Å². The van der Waals surface area contributed by atoms with Crippen molar-refractivity contribution in [2.75, 3.05) is 33.3 Å². The van der Waals surface area contributed by atoms with Crippen LogP contribution in [-0.4, -0.2) is 61.2 Å². The first-order valence-electron chi connectivity index (χ1n) is 9.39. The number of morpholine rings is 1. The summed E-state index contributed by atoms with van der Waals surface area (Å²) >= 11 is 0. The van der Waals surface area contributed by atoms with Gasteiger partial charge in [0.05, 0.1) is 7.05 Å². The average molecular weight is 356 g/mol. The summed E-state index contributed by atoms with van der Waals surface area (Å²) < 4.78 is 12.4. The van der Waals surface area contributed by atoms with Crippen molar-refractivity contribution in [3.63, 3.8) is 0 Å². The molecule has 4 atom stereocenters. The highest BCUT2D eigenvalue weighted by molar-refractivity contribution is 5.63. The number of nitrogens with zero attached hydrogens (tertiary/aromatic N) is 1. The van der Waals surface area contributed by atoms with Crippen molar-refractivity contribution in [2.24, 2.45) is 0 Å². The predicted octanol–water partition coefficient (Wildman–Crippen LogP) is 3.35. The Balaban J connectivity index is 1.52. The summed E-state index contributed by atoms with van der Waals surface area (Å²) in [5.41, 5.74) is 2.35. The van der Waals surface area contributed by atoms with E-state index in [1.54, 1.807) is 0 Å². The summed E-state index contributed by atoms with van der Waals surface area (Å²) in [6, 6.07) is 18.3. The predicted molar refractivity (Wildman–Crippen MR) is 104 cm³/mol. The van der Waals surface area contributed by atoms with Crippen LogP contribution >= 0.6 is 0 Å². The summed E-state index contributed by atoms with van der Waals surface area (Å²) in [6.45, 7) is 7.04. The molecule has 1 fully saturated rings. The van der Waals surface area contributed by atoms with Gasteiger partial charge in [-0.3, -0.25) is 0 Å². The lowest BCUT2D eigenvalue weighted by atomic mass is 10.1. The monoisotopic (exact) mass is 356 g/mol. The summed E-state index contributed by atoms with van der Waals surface area (Å²) in [7, 11) is 2.19. The first kappa shape index (κ1) is 18.9. The van der Waals surface area contributed by atoms with Crippen molar-refractivity contribution in [3.8, 4) is 16.9 Å². The maximum Gasteiger partial charge on any atom is 0.137 e. The Kier molecular flexibility index (Phi) is 5.97. The third-order valence-electron chi connectivity index (χ3n) is 4.92. The van der Waals surface area contributed by atoms with E-state index < -0.39 is 6.10 Å². The normalized spacial score (nSPS) is 27.1. The Morgan fingerprint density at radius 3 is 2.19 bits per heavy atom. The highest BCUT2D eigenvalue weighted by Crippen LogP contribution is 2.22. The Morgan fingerprint density at radius 1 is 1.00 bits per heavy atom. The molecule has 0 radical (unpaired) electrons. The fourth-order valence-electron chi connectivity index (χ4n) is 4.08. The van der Waals surface area contributed by atoms with E-state index >= 15 is 0 Å². The molecule has 3 rings (SSSR count). The van der Waals surface area contributed by atoms with E-state index in [1.807, 2.05) is 30.3 Å². The van der Waals surface area contributed by atoms with E-state index in [1.165, 1.54) is 5.56 Å². The van der Waals surface area contributed by atoms with Gasteiger partial charge in [0.15, 0.2) is 0 Å². The third-order valence-corrected chi connectivity index (χ3v) is 4.92. The van der Waals surface area contributed by atoms with Gasteiger partial charge in [-0.05, 0) is 37.1 Å². The zero-order valence-corrected chi connectivity index (χ0v) is 16.0. The quantitative estimate of drug-likeness (QED) is 0.807. The molecule has 4 heteroatoms. The van der Waals surface area contributed by atoms with E-state index in [2.05, 4.69) is 45.2 Å². The molecule has 0 aliphatic carbocycles. The van der Waals surface area contributed by atoms with E-state index in [0.717, 1.165) is 28.9 Å². The molecule has 0 aromatic heterocycles. The molecule has 4 nitrogen and oxygen atoms in total. The fourth-order valence-corrected chi connectivity index (χ4v) is 4.08. The van der Waals surface area contributed by atoms with E-state index in [-0.39, 0.29) is 12.2 Å². The Hall–Kier alpha value is -1.88. The molecule has 1 saturated heterocycles. The smallest absolute Gasteiger partial charge is 0.137 e. The number of benzene rings is 2. The van der Waals surface area contributed by atoms with Crippen LogP contribution in [0.2, 0.25) is 0 Å². The molecule has 0 bridgehead atoms. The highest BCUT2D eigenvalue weighted by Gasteiger charge is 2.35. The Morgan fingerprint density at radius 2 is 1.58 bits per heavy atom. The van der Waals surface area contributed by atoms with Gasteiger partial charge in [-0.15, -0.1) is 0 Å². The van der Waals surface area contributed by atoms with Crippen LogP contribution < -0.4 is 4.74 Å². The van der Waals surface area contributed by atoms with Crippen LogP contribution in [0.3, 0.4) is 0 Å². The standard InChI is InChI=1S/C22H30NO3/c1-17-13-23(3,14-18(2)26-17)15-21(24)16-25-22-11-9-20(10-12-22)19-7-5-4-6-8-19/h4-12,17-18,21,24H,13-16H2,1-3H3/q+1/t17-,18+,21-,23?/m0/s1. The van der Waals surface area contributed by atoms with Crippen LogP contribution in [0.4, 0.5) is 0 Å². The van der Waals surface area contributed by atoms with Crippen molar-refractivity contribution in [2.45, 2.75) is 32.2 Å². The Bertz CT molecular complexity index is 676. The van der Waals surface area contributed by atoms with Crippen molar-refractivity contribution in [1.29, 1.82) is 0 Å². The molecule has 26 heavy (non-hydrogen) atoms. The minimum atomic E-state index is -0.494. The molecule has 1 aliphatic heterocycles. The molecule has 140 valence electrons. The number of likely N-dealkylation sites (N-methyl/N-ethyl adjacent to an activating group) is 1. The van der Waals surface area contributed by atoms with Crippen LogP contribution in [0, 0.1) is 0 Å². The molecule has 1 N–H and O–H groups in total. The number of hydrogen-bond donors (Lipinski definition) is 1. The highest BCUT2D eigenvalue weighted by atomic mass is 16.5. The van der Waals surface area contributed by atoms with Crippen LogP contribution in [0.25, 0.3) is 11.1 Å². The second-order valence-electron chi connectivity index (χ2n) is 7.78. The van der Waals surface area contributed by atoms with Crippen molar-refractivity contribution < 1.29 is 19.1 Å². The minimum absolute atomic E-state index is 0.224. The van der Waals surface area contributed by atoms with Crippen LogP contribution in [-0.2, 0) is 4.74 Å². The van der Waals surface area contributed by atoms with Gasteiger partial charge in [-0.25, -0.2) is 0 Å². The molecule has 0 saturated carbocycles. The van der Waals surface area contributed by atoms with Crippen molar-refractivity contribution >= 4 is 0 Å². The van der Waals surface area contributed by atoms with Crippen LogP contribution in [0.1, 0.15) is 13.8 Å². The van der Waals surface area contributed by atoms with Crippen LogP contribution in [0.5, 0.6) is 5.75 Å². The molecule has 2 aromatic rings. The number of quaternary nitrogens is 1. The van der Waals surface area contributed by atoms with Gasteiger partial charge in [0.2, 0.25) is 0 Å². The summed E-state index contributed by atoms with van der Waals surface area (Å²) in [6.07, 6.45) is -0.0453. The molecular formula is C22H30NO3+. The van der Waals surface area contributed by atoms with E-state index in [0.29, 0.717) is 13.2 Å². The lowest BCUT2D eigenvalue weighted by Gasteiger charge is -2.43. The molecule has 0 spiro atoms. The van der Waals surface area contributed by atoms with Gasteiger partial charge in [0, 0.05) is 0 Å². The van der Waals surface area contributed by atoms with Crippen LogP contribution in [0.15, 0.2) is 54.6 Å². The number of aliphatic hydroxyl groups excluding tert-OH is 1. The van der Waals surface area contributed by atoms with Gasteiger partial charge in [-0.2, -0.15) is 0 Å². The number of aliphatic hydroxyl groups is 1. The number of rotatable bonds is 6. The topological polar surface area (TPSA) is 38.7 Å². The lowest BCUT2D eigenvalue weighted by molar-refractivity contribution is -0.926. The number of hydrogen-bond acceptors (Lipinski definition) is 3. The lowest BCUT2D eigenvalue weighted by Crippen LogP contribution is -2.60.